The van der Waals surface area contributed by atoms with Crippen LogP contribution in [-0.2, 0) is 23.6 Å². The second-order valence-corrected chi connectivity index (χ2v) is 5.71. The fourth-order valence-corrected chi connectivity index (χ4v) is 3.02. The molecule has 0 bridgehead atoms. The van der Waals surface area contributed by atoms with Crippen molar-refractivity contribution in [1.82, 2.24) is 14.8 Å². The third-order valence-corrected chi connectivity index (χ3v) is 4.03. The summed E-state index contributed by atoms with van der Waals surface area (Å²) in [6.45, 7) is 1.79. The summed E-state index contributed by atoms with van der Waals surface area (Å²) >= 11 is 0. The maximum atomic E-state index is 12.3. The van der Waals surface area contributed by atoms with Gasteiger partial charge in [0.15, 0.2) is 0 Å². The van der Waals surface area contributed by atoms with Crippen molar-refractivity contribution < 1.29 is 8.42 Å². The summed E-state index contributed by atoms with van der Waals surface area (Å²) in [4.78, 5) is 4.05. The summed E-state index contributed by atoms with van der Waals surface area (Å²) in [5.41, 5.74) is 6.87. The van der Waals surface area contributed by atoms with Gasteiger partial charge in [-0.2, -0.15) is 5.10 Å². The maximum Gasteiger partial charge on any atom is 0.263 e. The second-order valence-electron chi connectivity index (χ2n) is 4.06. The van der Waals surface area contributed by atoms with Crippen molar-refractivity contribution in [2.75, 3.05) is 4.72 Å². The first-order chi connectivity index (χ1) is 8.94. The van der Waals surface area contributed by atoms with Crippen molar-refractivity contribution in [2.45, 2.75) is 18.4 Å². The highest BCUT2D eigenvalue weighted by molar-refractivity contribution is 7.92. The van der Waals surface area contributed by atoms with Crippen LogP contribution in [-0.4, -0.2) is 23.2 Å². The SMILES string of the molecule is Cc1nn(C)cc1NS(=O)(=O)c1cccnc1CN. The normalized spacial score (nSPS) is 11.5. The summed E-state index contributed by atoms with van der Waals surface area (Å²) in [6, 6.07) is 3.03. The van der Waals surface area contributed by atoms with E-state index < -0.39 is 10.0 Å². The number of hydrogen-bond donors (Lipinski definition) is 2. The highest BCUT2D eigenvalue weighted by Crippen LogP contribution is 2.19. The number of nitrogens with zero attached hydrogens (tertiary/aromatic N) is 3. The summed E-state index contributed by atoms with van der Waals surface area (Å²) in [5.74, 6) is 0. The molecule has 0 aliphatic carbocycles. The van der Waals surface area contributed by atoms with Crippen molar-refractivity contribution in [3.63, 3.8) is 0 Å². The molecule has 8 heteroatoms. The highest BCUT2D eigenvalue weighted by atomic mass is 32.2. The van der Waals surface area contributed by atoms with Gasteiger partial charge in [0.1, 0.15) is 4.90 Å². The topological polar surface area (TPSA) is 103 Å². The van der Waals surface area contributed by atoms with E-state index in [2.05, 4.69) is 14.8 Å². The van der Waals surface area contributed by atoms with E-state index >= 15 is 0 Å². The predicted molar refractivity (Wildman–Crippen MR) is 70.9 cm³/mol. The molecule has 7 nitrogen and oxygen atoms in total. The summed E-state index contributed by atoms with van der Waals surface area (Å²) in [5, 5.41) is 4.08. The van der Waals surface area contributed by atoms with Crippen LogP contribution in [0.5, 0.6) is 0 Å². The van der Waals surface area contributed by atoms with Crippen molar-refractivity contribution in [1.29, 1.82) is 0 Å². The smallest absolute Gasteiger partial charge is 0.263 e. The van der Waals surface area contributed by atoms with Crippen LogP contribution >= 0.6 is 0 Å². The van der Waals surface area contributed by atoms with Gasteiger partial charge in [-0.05, 0) is 19.1 Å². The Kier molecular flexibility index (Phi) is 3.54. The van der Waals surface area contributed by atoms with E-state index in [-0.39, 0.29) is 11.4 Å². The lowest BCUT2D eigenvalue weighted by Crippen LogP contribution is -2.17. The van der Waals surface area contributed by atoms with Crippen LogP contribution < -0.4 is 10.5 Å². The zero-order valence-corrected chi connectivity index (χ0v) is 11.5. The maximum absolute atomic E-state index is 12.3. The summed E-state index contributed by atoms with van der Waals surface area (Å²) < 4.78 is 28.6. The zero-order valence-electron chi connectivity index (χ0n) is 10.7. The molecule has 0 atom stereocenters. The molecule has 0 aliphatic heterocycles. The van der Waals surface area contributed by atoms with Gasteiger partial charge in [-0.25, -0.2) is 8.42 Å². The van der Waals surface area contributed by atoms with Gasteiger partial charge >= 0.3 is 0 Å². The van der Waals surface area contributed by atoms with Crippen molar-refractivity contribution in [3.05, 3.63) is 35.9 Å². The number of pyridine rings is 1. The number of sulfonamides is 1. The molecule has 3 N–H and O–H groups in total. The van der Waals surface area contributed by atoms with E-state index in [0.717, 1.165) is 0 Å². The van der Waals surface area contributed by atoms with Gasteiger partial charge in [-0.3, -0.25) is 14.4 Å². The molecule has 0 saturated carbocycles. The van der Waals surface area contributed by atoms with Gasteiger partial charge in [-0.1, -0.05) is 0 Å². The minimum atomic E-state index is -3.71. The molecule has 0 amide bonds. The summed E-state index contributed by atoms with van der Waals surface area (Å²) in [6.07, 6.45) is 3.11. The highest BCUT2D eigenvalue weighted by Gasteiger charge is 2.20. The molecule has 0 spiro atoms. The van der Waals surface area contributed by atoms with Crippen molar-refractivity contribution >= 4 is 15.7 Å². The van der Waals surface area contributed by atoms with E-state index in [1.807, 2.05) is 0 Å². The lowest BCUT2D eigenvalue weighted by atomic mass is 10.3. The van der Waals surface area contributed by atoms with Gasteiger partial charge in [-0.15, -0.1) is 0 Å². The number of rotatable bonds is 4. The van der Waals surface area contributed by atoms with Crippen LogP contribution in [0.15, 0.2) is 29.4 Å². The molecule has 0 fully saturated rings. The van der Waals surface area contributed by atoms with E-state index in [1.165, 1.54) is 12.3 Å². The lowest BCUT2D eigenvalue weighted by Gasteiger charge is -2.09. The first-order valence-electron chi connectivity index (χ1n) is 5.61. The zero-order chi connectivity index (χ0) is 14.0. The monoisotopic (exact) mass is 281 g/mol. The van der Waals surface area contributed by atoms with Gasteiger partial charge in [0, 0.05) is 26.0 Å². The van der Waals surface area contributed by atoms with Gasteiger partial charge in [0.25, 0.3) is 10.0 Å². The first kappa shape index (κ1) is 13.5. The molecule has 0 unspecified atom stereocenters. The molecule has 2 aromatic rings. The lowest BCUT2D eigenvalue weighted by molar-refractivity contribution is 0.599. The quantitative estimate of drug-likeness (QED) is 0.843. The first-order valence-corrected chi connectivity index (χ1v) is 7.09. The van der Waals surface area contributed by atoms with Crippen LogP contribution in [0.3, 0.4) is 0 Å². The predicted octanol–water partition coefficient (Wildman–Crippen LogP) is 0.383. The fraction of sp³-hybridized carbons (Fsp3) is 0.273. The molecule has 0 saturated heterocycles. The molecule has 2 aromatic heterocycles. The van der Waals surface area contributed by atoms with E-state index in [4.69, 9.17) is 5.73 Å². The third kappa shape index (κ3) is 2.74. The Hall–Kier alpha value is -1.93. The Morgan fingerprint density at radius 1 is 1.47 bits per heavy atom. The van der Waals surface area contributed by atoms with Crippen molar-refractivity contribution in [3.8, 4) is 0 Å². The van der Waals surface area contributed by atoms with Crippen LogP contribution in [0.4, 0.5) is 5.69 Å². The molecular formula is C11H15N5O2S. The van der Waals surface area contributed by atoms with Crippen LogP contribution in [0.2, 0.25) is 0 Å². The Bertz CT molecular complexity index is 693. The molecular weight excluding hydrogens is 266 g/mol. The molecule has 0 aromatic carbocycles. The number of hydrogen-bond acceptors (Lipinski definition) is 5. The molecule has 2 heterocycles. The molecule has 0 radical (unpaired) electrons. The van der Waals surface area contributed by atoms with E-state index in [9.17, 15) is 8.42 Å². The van der Waals surface area contributed by atoms with E-state index in [1.54, 1.807) is 30.9 Å². The minimum absolute atomic E-state index is 0.0586. The average molecular weight is 281 g/mol. The largest absolute Gasteiger partial charge is 0.325 e. The Labute approximate surface area is 111 Å². The van der Waals surface area contributed by atoms with Gasteiger partial charge in [0.2, 0.25) is 0 Å². The van der Waals surface area contributed by atoms with Gasteiger partial charge in [0.05, 0.1) is 17.1 Å². The number of nitrogens with two attached hydrogens (primary N) is 1. The van der Waals surface area contributed by atoms with Crippen LogP contribution in [0.25, 0.3) is 0 Å². The molecule has 102 valence electrons. The number of anilines is 1. The minimum Gasteiger partial charge on any atom is -0.325 e. The standard InChI is InChI=1S/C11H15N5O2S/c1-8-10(7-16(2)14-8)15-19(17,18)11-4-3-5-13-9(11)6-12/h3-5,7,15H,6,12H2,1-2H3. The second kappa shape index (κ2) is 4.98. The third-order valence-electron chi connectivity index (χ3n) is 2.59. The molecule has 0 aliphatic rings. The van der Waals surface area contributed by atoms with E-state index in [0.29, 0.717) is 17.1 Å². The van der Waals surface area contributed by atoms with Gasteiger partial charge < -0.3 is 5.73 Å². The number of aromatic nitrogens is 3. The Morgan fingerprint density at radius 3 is 2.79 bits per heavy atom. The average Bonchev–Trinajstić information content (AvgIpc) is 2.67. The Morgan fingerprint density at radius 2 is 2.21 bits per heavy atom. The Balaban J connectivity index is 2.40. The summed E-state index contributed by atoms with van der Waals surface area (Å²) in [7, 11) is -1.99. The van der Waals surface area contributed by atoms with Crippen LogP contribution in [0.1, 0.15) is 11.4 Å². The number of aryl methyl sites for hydroxylation is 2. The van der Waals surface area contributed by atoms with Crippen molar-refractivity contribution in [2.24, 2.45) is 12.8 Å². The molecule has 19 heavy (non-hydrogen) atoms. The fourth-order valence-electron chi connectivity index (χ4n) is 1.72. The number of nitrogens with one attached hydrogen (secondary N) is 1. The molecule has 2 rings (SSSR count). The van der Waals surface area contributed by atoms with Crippen LogP contribution in [0, 0.1) is 6.92 Å².